The molecule has 2 heterocycles. The third kappa shape index (κ3) is 5.33. The van der Waals surface area contributed by atoms with Gasteiger partial charge in [0.25, 0.3) is 5.91 Å². The molecule has 0 bridgehead atoms. The van der Waals surface area contributed by atoms with Gasteiger partial charge < -0.3 is 11.1 Å². The zero-order valence-electron chi connectivity index (χ0n) is 18.3. The van der Waals surface area contributed by atoms with Gasteiger partial charge in [-0.3, -0.25) is 19.6 Å². The van der Waals surface area contributed by atoms with Crippen LogP contribution >= 0.6 is 11.3 Å². The molecule has 2 aromatic carbocycles. The predicted molar refractivity (Wildman–Crippen MR) is 130 cm³/mol. The molecule has 168 valence electrons. The summed E-state index contributed by atoms with van der Waals surface area (Å²) >= 11 is 1.63. The van der Waals surface area contributed by atoms with Crippen molar-refractivity contribution in [2.24, 2.45) is 7.05 Å². The van der Waals surface area contributed by atoms with E-state index in [1.54, 1.807) is 47.5 Å². The van der Waals surface area contributed by atoms with Crippen molar-refractivity contribution in [2.45, 2.75) is 19.5 Å². The van der Waals surface area contributed by atoms with Gasteiger partial charge in [0.2, 0.25) is 0 Å². The lowest BCUT2D eigenvalue weighted by Crippen LogP contribution is -2.27. The minimum Gasteiger partial charge on any atom is -0.397 e. The van der Waals surface area contributed by atoms with Crippen LogP contribution in [0.2, 0.25) is 0 Å². The number of hydrogen-bond acceptors (Lipinski definition) is 7. The van der Waals surface area contributed by atoms with E-state index in [2.05, 4.69) is 20.9 Å². The predicted octanol–water partition coefficient (Wildman–Crippen LogP) is 3.80. The number of aryl methyl sites for hydroxylation is 1. The fourth-order valence-corrected chi connectivity index (χ4v) is 4.13. The molecule has 4 rings (SSSR count). The van der Waals surface area contributed by atoms with Crippen molar-refractivity contribution in [1.29, 1.82) is 0 Å². The molecule has 4 N–H and O–H groups in total. The number of thiophene rings is 1. The number of nitrogens with one attached hydrogen (secondary N) is 2. The second-order valence-corrected chi connectivity index (χ2v) is 8.62. The molecule has 0 aliphatic heterocycles. The molecule has 0 spiro atoms. The first-order chi connectivity index (χ1) is 15.9. The Morgan fingerprint density at radius 3 is 2.58 bits per heavy atom. The van der Waals surface area contributed by atoms with Gasteiger partial charge in [0.05, 0.1) is 17.6 Å². The van der Waals surface area contributed by atoms with Crippen LogP contribution in [0.1, 0.15) is 34.6 Å². The summed E-state index contributed by atoms with van der Waals surface area (Å²) in [4.78, 5) is 25.9. The highest BCUT2D eigenvalue weighted by Crippen LogP contribution is 2.30. The average molecular weight is 461 g/mol. The zero-order chi connectivity index (χ0) is 23.4. The van der Waals surface area contributed by atoms with Gasteiger partial charge in [0, 0.05) is 24.0 Å². The minimum atomic E-state index is -0.541. The fraction of sp³-hybridized carbons (Fsp3) is 0.167. The van der Waals surface area contributed by atoms with Gasteiger partial charge in [0.15, 0.2) is 5.78 Å². The van der Waals surface area contributed by atoms with Crippen LogP contribution in [0.4, 0.5) is 11.4 Å². The van der Waals surface area contributed by atoms with Gasteiger partial charge in [-0.05, 0) is 53.8 Å². The van der Waals surface area contributed by atoms with Crippen molar-refractivity contribution in [3.63, 3.8) is 0 Å². The van der Waals surface area contributed by atoms with Gasteiger partial charge in [0.1, 0.15) is 11.7 Å². The summed E-state index contributed by atoms with van der Waals surface area (Å²) in [7, 11) is 1.75. The zero-order valence-corrected chi connectivity index (χ0v) is 19.1. The molecule has 33 heavy (non-hydrogen) atoms. The van der Waals surface area contributed by atoms with Crippen molar-refractivity contribution in [1.82, 2.24) is 20.3 Å². The molecule has 0 aliphatic carbocycles. The summed E-state index contributed by atoms with van der Waals surface area (Å²) < 4.78 is 1.56. The molecule has 0 fully saturated rings. The molecule has 1 amide bonds. The van der Waals surface area contributed by atoms with Crippen LogP contribution in [0.15, 0.2) is 66.2 Å². The van der Waals surface area contributed by atoms with Crippen molar-refractivity contribution < 1.29 is 9.59 Å². The van der Waals surface area contributed by atoms with E-state index >= 15 is 0 Å². The number of aromatic nitrogens is 3. The Balaban J connectivity index is 1.41. The van der Waals surface area contributed by atoms with E-state index in [9.17, 15) is 9.59 Å². The second kappa shape index (κ2) is 9.76. The minimum absolute atomic E-state index is 0.0473. The summed E-state index contributed by atoms with van der Waals surface area (Å²) in [6, 6.07) is 16.3. The molecule has 0 aliphatic rings. The number of Topliss-reactive ketones (excluding diaryl/α,β-unsaturated/α-hetero) is 1. The number of rotatable bonds is 8. The van der Waals surface area contributed by atoms with E-state index in [0.29, 0.717) is 29.2 Å². The lowest BCUT2D eigenvalue weighted by molar-refractivity contribution is -0.119. The molecule has 0 saturated heterocycles. The molecule has 0 saturated carbocycles. The molecule has 2 aromatic heterocycles. The first-order valence-electron chi connectivity index (χ1n) is 10.3. The number of benzene rings is 2. The van der Waals surface area contributed by atoms with Crippen LogP contribution < -0.4 is 16.4 Å². The number of carbonyl (C=O) groups is 2. The first-order valence-corrected chi connectivity index (χ1v) is 11.2. The number of amides is 1. The lowest BCUT2D eigenvalue weighted by Gasteiger charge is -2.14. The lowest BCUT2D eigenvalue weighted by atomic mass is 10.1. The van der Waals surface area contributed by atoms with Gasteiger partial charge in [-0.15, -0.1) is 16.4 Å². The molecule has 0 radical (unpaired) electrons. The molecule has 9 heteroatoms. The highest BCUT2D eigenvalue weighted by molar-refractivity contribution is 7.13. The summed E-state index contributed by atoms with van der Waals surface area (Å²) in [6.45, 7) is 1.96. The van der Waals surface area contributed by atoms with E-state index in [0.717, 1.165) is 16.0 Å². The highest BCUT2D eigenvalue weighted by Gasteiger charge is 2.19. The van der Waals surface area contributed by atoms with Crippen LogP contribution in [-0.2, 0) is 18.4 Å². The Labute approximate surface area is 195 Å². The number of nitrogen functional groups attached to an aromatic ring is 1. The Bertz CT molecular complexity index is 1260. The second-order valence-electron chi connectivity index (χ2n) is 7.67. The highest BCUT2D eigenvalue weighted by atomic mass is 32.1. The van der Waals surface area contributed by atoms with Crippen molar-refractivity contribution in [3.8, 4) is 10.4 Å². The summed E-state index contributed by atoms with van der Waals surface area (Å²) in [5, 5.41) is 16.0. The Morgan fingerprint density at radius 1 is 1.15 bits per heavy atom. The third-order valence-electron chi connectivity index (χ3n) is 5.16. The summed E-state index contributed by atoms with van der Waals surface area (Å²) in [5.41, 5.74) is 10.2. The molecule has 1 atom stereocenters. The first kappa shape index (κ1) is 22.4. The van der Waals surface area contributed by atoms with E-state index in [-0.39, 0.29) is 11.7 Å². The molecule has 4 aromatic rings. The SMILES string of the molecule is CC(=O)C(NCc1ccc(C(=O)Nc2cc(-c3cccs3)ccc2N)cc1)c1cn(C)nn1. The summed E-state index contributed by atoms with van der Waals surface area (Å²) in [5.74, 6) is -0.292. The van der Waals surface area contributed by atoms with Crippen molar-refractivity contribution in [3.05, 3.63) is 83.0 Å². The monoisotopic (exact) mass is 460 g/mol. The van der Waals surface area contributed by atoms with Gasteiger partial charge in [-0.2, -0.15) is 0 Å². The van der Waals surface area contributed by atoms with Crippen LogP contribution in [0.5, 0.6) is 0 Å². The number of hydrogen-bond donors (Lipinski definition) is 3. The normalized spacial score (nSPS) is 11.8. The van der Waals surface area contributed by atoms with Crippen molar-refractivity contribution >= 4 is 34.4 Å². The number of anilines is 2. The van der Waals surface area contributed by atoms with E-state index < -0.39 is 6.04 Å². The Kier molecular flexibility index (Phi) is 6.62. The molecular formula is C24H24N6O2S. The summed E-state index contributed by atoms with van der Waals surface area (Å²) in [6.07, 6.45) is 1.71. The van der Waals surface area contributed by atoms with Crippen LogP contribution in [-0.4, -0.2) is 26.7 Å². The maximum Gasteiger partial charge on any atom is 0.255 e. The van der Waals surface area contributed by atoms with Gasteiger partial charge in [-0.1, -0.05) is 29.5 Å². The maximum atomic E-state index is 12.8. The quantitative estimate of drug-likeness (QED) is 0.345. The van der Waals surface area contributed by atoms with Crippen LogP contribution in [0.3, 0.4) is 0 Å². The van der Waals surface area contributed by atoms with E-state index in [4.69, 9.17) is 5.73 Å². The van der Waals surface area contributed by atoms with E-state index in [1.807, 2.05) is 41.8 Å². The van der Waals surface area contributed by atoms with Crippen LogP contribution in [0, 0.1) is 0 Å². The number of nitrogens with two attached hydrogens (primary N) is 1. The number of nitrogens with zero attached hydrogens (tertiary/aromatic N) is 3. The molecule has 8 nitrogen and oxygen atoms in total. The van der Waals surface area contributed by atoms with Gasteiger partial charge >= 0.3 is 0 Å². The average Bonchev–Trinajstić information content (AvgIpc) is 3.48. The maximum absolute atomic E-state index is 12.8. The molecule has 1 unspecified atom stereocenters. The fourth-order valence-electron chi connectivity index (χ4n) is 3.40. The molecular weight excluding hydrogens is 436 g/mol. The number of ketones is 1. The van der Waals surface area contributed by atoms with E-state index in [1.165, 1.54) is 6.92 Å². The van der Waals surface area contributed by atoms with Crippen molar-refractivity contribution in [2.75, 3.05) is 11.1 Å². The largest absolute Gasteiger partial charge is 0.397 e. The number of carbonyl (C=O) groups excluding carboxylic acids is 2. The smallest absolute Gasteiger partial charge is 0.255 e. The van der Waals surface area contributed by atoms with Gasteiger partial charge in [-0.25, -0.2) is 0 Å². The van der Waals surface area contributed by atoms with Crippen LogP contribution in [0.25, 0.3) is 10.4 Å². The standard InChI is InChI=1S/C24H24N6O2S/c1-15(31)23(21-14-30(2)29-28-21)26-13-16-5-7-17(8-6-16)24(32)27-20-12-18(9-10-19(20)25)22-4-3-11-33-22/h3-12,14,23,26H,13,25H2,1-2H3,(H,27,32). The Hall–Kier alpha value is -3.82. The topological polar surface area (TPSA) is 115 Å². The Morgan fingerprint density at radius 2 is 1.94 bits per heavy atom. The third-order valence-corrected chi connectivity index (χ3v) is 6.08.